The number of rotatable bonds is 12. The first-order chi connectivity index (χ1) is 27.2. The maximum Gasteiger partial charge on any atom is 0.330 e. The fourth-order valence-corrected chi connectivity index (χ4v) is 9.44. The summed E-state index contributed by atoms with van der Waals surface area (Å²) in [6.07, 6.45) is -15.7. The molecule has 18 unspecified atom stereocenters. The first kappa shape index (κ1) is 45.1. The van der Waals surface area contributed by atoms with Crippen LogP contribution in [0.4, 0.5) is 0 Å². The van der Waals surface area contributed by atoms with Crippen molar-refractivity contribution in [2.45, 2.75) is 174 Å². The van der Waals surface area contributed by atoms with Gasteiger partial charge >= 0.3 is 5.97 Å². The SMILES string of the molecule is COC1CC(C2OC3CC(O)CC(OC4OC(CO)C(O)C(O)C4O)C3CC2OC2OC(COC(=O)C=CC3CCC(O)CC3)C(O)C(O)C2O)CC(OC)C1O. The minimum Gasteiger partial charge on any atom is -0.460 e. The zero-order chi connectivity index (χ0) is 41.1. The number of fused-ring (bicyclic) bond motifs is 1. The number of hydrogen-bond donors (Lipinski definition) is 10. The van der Waals surface area contributed by atoms with Crippen LogP contribution in [-0.2, 0) is 42.7 Å². The summed E-state index contributed by atoms with van der Waals surface area (Å²) in [5.74, 6) is -1.52. The van der Waals surface area contributed by atoms with Crippen molar-refractivity contribution >= 4 is 5.97 Å². The molecule has 0 radical (unpaired) electrons. The normalized spacial score (nSPS) is 49.7. The number of allylic oxidation sites excluding steroid dienone is 1. The van der Waals surface area contributed by atoms with E-state index in [4.69, 9.17) is 37.9 Å². The number of esters is 1. The van der Waals surface area contributed by atoms with E-state index >= 15 is 0 Å². The van der Waals surface area contributed by atoms with Crippen molar-refractivity contribution in [2.24, 2.45) is 17.8 Å². The lowest BCUT2D eigenvalue weighted by Crippen LogP contribution is -2.63. The van der Waals surface area contributed by atoms with Gasteiger partial charge in [-0.1, -0.05) is 6.08 Å². The molecular formula is C38H62O19. The fourth-order valence-electron chi connectivity index (χ4n) is 9.44. The molecule has 3 saturated carbocycles. The minimum absolute atomic E-state index is 0.0576. The molecule has 6 rings (SSSR count). The first-order valence-corrected chi connectivity index (χ1v) is 20.1. The highest BCUT2D eigenvalue weighted by Gasteiger charge is 2.55. The fraction of sp³-hybridized carbons (Fsp3) is 0.921. The average molecular weight is 823 g/mol. The van der Waals surface area contributed by atoms with Crippen molar-refractivity contribution in [1.82, 2.24) is 0 Å². The zero-order valence-electron chi connectivity index (χ0n) is 32.3. The van der Waals surface area contributed by atoms with E-state index in [9.17, 15) is 55.9 Å². The molecule has 3 aliphatic heterocycles. The van der Waals surface area contributed by atoms with Crippen LogP contribution in [0.1, 0.15) is 57.8 Å². The Morgan fingerprint density at radius 1 is 0.614 bits per heavy atom. The summed E-state index contributed by atoms with van der Waals surface area (Å²) in [6.45, 7) is -1.15. The average Bonchev–Trinajstić information content (AvgIpc) is 3.20. The zero-order valence-corrected chi connectivity index (χ0v) is 32.3. The molecule has 6 fully saturated rings. The molecule has 3 aliphatic carbocycles. The Hall–Kier alpha value is -1.47. The molecule has 19 heteroatoms. The van der Waals surface area contributed by atoms with Gasteiger partial charge in [-0.05, 0) is 63.2 Å². The minimum atomic E-state index is -1.76. The smallest absolute Gasteiger partial charge is 0.330 e. The summed E-state index contributed by atoms with van der Waals surface area (Å²) in [6, 6.07) is 0. The molecule has 0 bridgehead atoms. The van der Waals surface area contributed by atoms with Gasteiger partial charge in [0, 0.05) is 32.6 Å². The van der Waals surface area contributed by atoms with Gasteiger partial charge in [0.1, 0.15) is 61.5 Å². The summed E-state index contributed by atoms with van der Waals surface area (Å²) in [5.41, 5.74) is 0. The molecule has 0 aromatic rings. The lowest BCUT2D eigenvalue weighted by molar-refractivity contribution is -0.345. The predicted octanol–water partition coefficient (Wildman–Crippen LogP) is -3.26. The third-order valence-corrected chi connectivity index (χ3v) is 12.8. The van der Waals surface area contributed by atoms with Gasteiger partial charge in [-0.2, -0.15) is 0 Å². The molecule has 3 heterocycles. The number of aliphatic hydroxyl groups excluding tert-OH is 10. The molecule has 19 nitrogen and oxygen atoms in total. The number of aliphatic hydroxyl groups is 10. The van der Waals surface area contributed by atoms with E-state index < -0.39 is 135 Å². The Balaban J connectivity index is 1.20. The van der Waals surface area contributed by atoms with E-state index in [0.717, 1.165) is 12.8 Å². The molecule has 57 heavy (non-hydrogen) atoms. The highest BCUT2D eigenvalue weighted by molar-refractivity contribution is 5.81. The second kappa shape index (κ2) is 19.9. The molecule has 0 aromatic carbocycles. The van der Waals surface area contributed by atoms with E-state index in [1.807, 2.05) is 0 Å². The van der Waals surface area contributed by atoms with Gasteiger partial charge in [0.2, 0.25) is 0 Å². The quantitative estimate of drug-likeness (QED) is 0.0683. The van der Waals surface area contributed by atoms with Crippen LogP contribution in [0, 0.1) is 17.8 Å². The van der Waals surface area contributed by atoms with Gasteiger partial charge in [-0.25, -0.2) is 4.79 Å². The van der Waals surface area contributed by atoms with Crippen LogP contribution in [0.5, 0.6) is 0 Å². The Labute approximate surface area is 331 Å². The molecular weight excluding hydrogens is 760 g/mol. The van der Waals surface area contributed by atoms with Gasteiger partial charge in [0.15, 0.2) is 12.6 Å². The third-order valence-electron chi connectivity index (χ3n) is 12.8. The highest BCUT2D eigenvalue weighted by Crippen LogP contribution is 2.45. The third kappa shape index (κ3) is 10.4. The van der Waals surface area contributed by atoms with Crippen molar-refractivity contribution < 1.29 is 93.8 Å². The van der Waals surface area contributed by atoms with Crippen molar-refractivity contribution in [1.29, 1.82) is 0 Å². The Morgan fingerprint density at radius 3 is 1.79 bits per heavy atom. The van der Waals surface area contributed by atoms with E-state index in [1.54, 1.807) is 6.08 Å². The molecule has 10 N–H and O–H groups in total. The van der Waals surface area contributed by atoms with Crippen LogP contribution in [-0.4, -0.2) is 201 Å². The highest BCUT2D eigenvalue weighted by atomic mass is 16.7. The molecule has 3 saturated heterocycles. The van der Waals surface area contributed by atoms with Crippen molar-refractivity contribution in [3.8, 4) is 0 Å². The van der Waals surface area contributed by atoms with Crippen LogP contribution >= 0.6 is 0 Å². The summed E-state index contributed by atoms with van der Waals surface area (Å²) >= 11 is 0. The number of hydrogen-bond acceptors (Lipinski definition) is 19. The van der Waals surface area contributed by atoms with Gasteiger partial charge in [0.05, 0.1) is 55.4 Å². The maximum absolute atomic E-state index is 12.6. The standard InChI is InChI=1S/C38H62O19/c1-50-23-9-17(10-24(51-2)29(23)43)36-25(13-20-21(53-36)11-19(41)12-22(20)54-37-34(48)32(46)30(44)26(14-39)56-37)55-38-35(49)33(47)31(45)27(57-38)15-52-28(42)8-5-16-3-6-18(40)7-4-16/h5,8,16-27,29-41,43-49H,3-4,6-7,9-15H2,1-2H3. The van der Waals surface area contributed by atoms with Gasteiger partial charge < -0.3 is 89.0 Å². The van der Waals surface area contributed by atoms with Crippen molar-refractivity contribution in [2.75, 3.05) is 27.4 Å². The van der Waals surface area contributed by atoms with E-state index in [-0.39, 0.29) is 37.2 Å². The predicted molar refractivity (Wildman–Crippen MR) is 191 cm³/mol. The molecule has 6 aliphatic rings. The van der Waals surface area contributed by atoms with Gasteiger partial charge in [-0.3, -0.25) is 0 Å². The first-order valence-electron chi connectivity index (χ1n) is 20.1. The summed E-state index contributed by atoms with van der Waals surface area (Å²) < 4.78 is 47.6. The molecule has 0 aromatic heterocycles. The Kier molecular flexibility index (Phi) is 15.8. The van der Waals surface area contributed by atoms with Crippen LogP contribution in [0.2, 0.25) is 0 Å². The molecule has 0 amide bonds. The second-order valence-electron chi connectivity index (χ2n) is 16.6. The largest absolute Gasteiger partial charge is 0.460 e. The molecule has 18 atom stereocenters. The van der Waals surface area contributed by atoms with E-state index in [2.05, 4.69) is 0 Å². The van der Waals surface area contributed by atoms with Crippen LogP contribution in [0.25, 0.3) is 0 Å². The number of ether oxygens (including phenoxy) is 8. The number of carbonyl (C=O) groups excluding carboxylic acids is 1. The summed E-state index contributed by atoms with van der Waals surface area (Å²) in [5, 5.41) is 106. The van der Waals surface area contributed by atoms with Crippen LogP contribution in [0.15, 0.2) is 12.2 Å². The van der Waals surface area contributed by atoms with E-state index in [1.165, 1.54) is 20.3 Å². The van der Waals surface area contributed by atoms with Crippen molar-refractivity contribution in [3.05, 3.63) is 12.2 Å². The maximum atomic E-state index is 12.6. The monoisotopic (exact) mass is 822 g/mol. The second-order valence-corrected chi connectivity index (χ2v) is 16.6. The molecule has 0 spiro atoms. The molecule has 328 valence electrons. The van der Waals surface area contributed by atoms with E-state index in [0.29, 0.717) is 25.7 Å². The number of carbonyl (C=O) groups is 1. The van der Waals surface area contributed by atoms with Crippen LogP contribution < -0.4 is 0 Å². The lowest BCUT2D eigenvalue weighted by Gasteiger charge is -2.53. The lowest BCUT2D eigenvalue weighted by atomic mass is 9.72. The number of methoxy groups -OCH3 is 2. The van der Waals surface area contributed by atoms with Crippen molar-refractivity contribution in [3.63, 3.8) is 0 Å². The summed E-state index contributed by atoms with van der Waals surface area (Å²) in [7, 11) is 2.94. The van der Waals surface area contributed by atoms with Crippen LogP contribution in [0.3, 0.4) is 0 Å². The van der Waals surface area contributed by atoms with Gasteiger partial charge in [0.25, 0.3) is 0 Å². The van der Waals surface area contributed by atoms with Gasteiger partial charge in [-0.15, -0.1) is 0 Å². The summed E-state index contributed by atoms with van der Waals surface area (Å²) in [4.78, 5) is 12.6. The Bertz CT molecular complexity index is 1280. The Morgan fingerprint density at radius 2 is 1.19 bits per heavy atom. The topological polar surface area (TPSA) is 293 Å².